The summed E-state index contributed by atoms with van der Waals surface area (Å²) in [7, 11) is 1.29. The molecule has 1 fully saturated rings. The van der Waals surface area contributed by atoms with Crippen LogP contribution < -0.4 is 0 Å². The summed E-state index contributed by atoms with van der Waals surface area (Å²) < 4.78 is 16.7. The fourth-order valence-corrected chi connectivity index (χ4v) is 1.10. The van der Waals surface area contributed by atoms with Crippen molar-refractivity contribution >= 4 is 65.9 Å². The van der Waals surface area contributed by atoms with Crippen LogP contribution in [-0.2, 0) is 19.2 Å². The molecule has 1 aliphatic heterocycles. The number of ether oxygens (including phenoxy) is 2. The van der Waals surface area contributed by atoms with Crippen LogP contribution in [0.1, 0.15) is 7.79 Å². The Labute approximate surface area is 128 Å². The number of carbonyl (C=O) groups is 1. The van der Waals surface area contributed by atoms with Gasteiger partial charge in [-0.1, -0.05) is 0 Å². The quantitative estimate of drug-likeness (QED) is 0.394. The summed E-state index contributed by atoms with van der Waals surface area (Å²) in [5.74, 6) is -0.897. The number of esters is 1. The van der Waals surface area contributed by atoms with Gasteiger partial charge in [-0.05, 0) is 6.42 Å². The molecule has 0 aromatic heterocycles. The van der Waals surface area contributed by atoms with Crippen molar-refractivity contribution in [2.45, 2.75) is 12.5 Å². The predicted octanol–water partition coefficient (Wildman–Crippen LogP) is 2.21. The number of rotatable bonds is 2. The van der Waals surface area contributed by atoms with Gasteiger partial charge in [0.2, 0.25) is 0 Å². The van der Waals surface area contributed by atoms with Gasteiger partial charge >= 0.3 is 70.8 Å². The van der Waals surface area contributed by atoms with E-state index in [2.05, 4.69) is 64.7 Å². The van der Waals surface area contributed by atoms with Crippen molar-refractivity contribution in [3.8, 4) is 0 Å². The number of halogens is 3. The minimum absolute atomic E-state index is 0.241. The van der Waals surface area contributed by atoms with Crippen LogP contribution in [0.5, 0.6) is 0 Å². The van der Waals surface area contributed by atoms with E-state index in [0.717, 1.165) is 0 Å². The number of aliphatic hydroxyl groups excluding tert-OH is 1. The van der Waals surface area contributed by atoms with Gasteiger partial charge in [0.25, 0.3) is 0 Å². The molecule has 1 heterocycles. The van der Waals surface area contributed by atoms with Crippen LogP contribution in [-0.4, -0.2) is 37.5 Å². The van der Waals surface area contributed by atoms with Gasteiger partial charge in [-0.3, -0.25) is 4.79 Å². The second kappa shape index (κ2) is 10.1. The third kappa shape index (κ3) is 7.98. The molecule has 1 unspecified atom stereocenters. The number of aliphatic hydroxyl groups is 1. The molecule has 4 nitrogen and oxygen atoms in total. The van der Waals surface area contributed by atoms with Crippen LogP contribution >= 0.6 is 59.9 Å². The van der Waals surface area contributed by atoms with Crippen molar-refractivity contribution in [1.82, 2.24) is 0 Å². The van der Waals surface area contributed by atoms with Crippen LogP contribution in [0.25, 0.3) is 0 Å². The Kier molecular flexibility index (Phi) is 10.3. The summed E-state index contributed by atoms with van der Waals surface area (Å²) in [5.41, 5.74) is 0. The van der Waals surface area contributed by atoms with Gasteiger partial charge in [0, 0.05) is 6.58 Å². The SMILES string of the molecule is [3H][C@H]1CC(C(=O)OC)[C@@H](CO)O1.[I][V]([I])[I]. The van der Waals surface area contributed by atoms with E-state index >= 15 is 0 Å². The van der Waals surface area contributed by atoms with E-state index in [1.807, 2.05) is 0 Å². The van der Waals surface area contributed by atoms with Crippen LogP contribution in [0.2, 0.25) is 0 Å². The summed E-state index contributed by atoms with van der Waals surface area (Å²) in [6.45, 7) is -0.957. The van der Waals surface area contributed by atoms with Gasteiger partial charge < -0.3 is 14.6 Å². The zero-order valence-corrected chi connectivity index (χ0v) is 15.8. The average Bonchev–Trinajstić information content (AvgIpc) is 2.57. The van der Waals surface area contributed by atoms with Crippen molar-refractivity contribution in [2.75, 3.05) is 20.3 Å². The van der Waals surface area contributed by atoms with Crippen LogP contribution in [0.15, 0.2) is 0 Å². The number of hydrogen-bond acceptors (Lipinski definition) is 4. The fourth-order valence-electron chi connectivity index (χ4n) is 1.10. The van der Waals surface area contributed by atoms with E-state index < -0.39 is 24.6 Å². The zero-order chi connectivity index (χ0) is 12.7. The monoisotopic (exact) mass is 594 g/mol. The van der Waals surface area contributed by atoms with Crippen molar-refractivity contribution in [1.29, 1.82) is 0 Å². The van der Waals surface area contributed by atoms with E-state index in [1.165, 1.54) is 7.11 Å². The Bertz CT molecular complexity index is 219. The van der Waals surface area contributed by atoms with Gasteiger partial charge in [-0.15, -0.1) is 0 Å². The first-order valence-electron chi connectivity index (χ1n) is 4.54. The summed E-state index contributed by atoms with van der Waals surface area (Å²) in [5, 5.41) is 8.78. The number of methoxy groups -OCH3 is 1. The van der Waals surface area contributed by atoms with E-state index in [4.69, 9.17) is 11.2 Å². The summed E-state index contributed by atoms with van der Waals surface area (Å²) in [6, 6.07) is 0. The van der Waals surface area contributed by atoms with Crippen molar-refractivity contribution in [3.05, 3.63) is 0 Å². The molecule has 3 atom stereocenters. The second-order valence-electron chi connectivity index (χ2n) is 2.58. The number of carbonyl (C=O) groups excluding carboxylic acids is 1. The molecule has 15 heavy (non-hydrogen) atoms. The number of hydrogen-bond donors (Lipinski definition) is 1. The van der Waals surface area contributed by atoms with E-state index in [-0.39, 0.29) is 11.5 Å². The van der Waals surface area contributed by atoms with Crippen molar-refractivity contribution < 1.29 is 25.7 Å². The molecule has 1 saturated heterocycles. The molecule has 0 amide bonds. The third-order valence-corrected chi connectivity index (χ3v) is 1.75. The Hall–Kier alpha value is 2.16. The second-order valence-corrected chi connectivity index (χ2v) is 38.0. The normalized spacial score (nSPS) is 30.5. The first-order valence-corrected chi connectivity index (χ1v) is 17.5. The Morgan fingerprint density at radius 1 is 1.73 bits per heavy atom. The fraction of sp³-hybridized carbons (Fsp3) is 0.857. The molecular formula is C7H12I3O4V. The minimum atomic E-state index is -0.716. The predicted molar refractivity (Wildman–Crippen MR) is 79.0 cm³/mol. The standard InChI is InChI=1S/C7H12O4.3HI.V/c1-10-7(9)5-2-3-11-6(5)4-8;;;;/h5-6,8H,2-4H2,1H3;3*1H;/q;;;;+3/p-3/t5?,6-;;;;/m1..../s1/i3T;;;;/t3-,5?,6+;;;;/m0..... The van der Waals surface area contributed by atoms with Crippen molar-refractivity contribution in [3.63, 3.8) is 0 Å². The van der Waals surface area contributed by atoms with Crippen molar-refractivity contribution in [2.24, 2.45) is 5.92 Å². The summed E-state index contributed by atoms with van der Waals surface area (Å²) in [4.78, 5) is 10.8. The Balaban J connectivity index is 0.000000487. The molecule has 0 aromatic carbocycles. The maximum atomic E-state index is 11.0. The van der Waals surface area contributed by atoms with E-state index in [9.17, 15) is 4.79 Å². The van der Waals surface area contributed by atoms with Gasteiger partial charge in [0.05, 0.1) is 27.1 Å². The summed E-state index contributed by atoms with van der Waals surface area (Å²) >= 11 is 7.39. The first kappa shape index (κ1) is 15.2. The molecule has 0 saturated carbocycles. The summed E-state index contributed by atoms with van der Waals surface area (Å²) in [6.07, 6.45) is -0.266. The van der Waals surface area contributed by atoms with Gasteiger partial charge in [0.1, 0.15) is 0 Å². The first-order chi connectivity index (χ1) is 7.42. The third-order valence-electron chi connectivity index (χ3n) is 1.75. The molecular weight excluding hydrogens is 580 g/mol. The molecule has 0 bridgehead atoms. The molecule has 90 valence electrons. The molecule has 0 radical (unpaired) electrons. The average molecular weight is 594 g/mol. The van der Waals surface area contributed by atoms with Crippen LogP contribution in [0, 0.1) is 5.92 Å². The van der Waals surface area contributed by atoms with Gasteiger partial charge in [-0.25, -0.2) is 0 Å². The molecule has 1 rings (SSSR count). The Morgan fingerprint density at radius 3 is 2.67 bits per heavy atom. The van der Waals surface area contributed by atoms with Crippen LogP contribution in [0.3, 0.4) is 0 Å². The topological polar surface area (TPSA) is 55.8 Å². The van der Waals surface area contributed by atoms with E-state index in [0.29, 0.717) is 6.42 Å². The molecule has 0 aliphatic carbocycles. The molecule has 0 spiro atoms. The van der Waals surface area contributed by atoms with E-state index in [1.54, 1.807) is 0 Å². The van der Waals surface area contributed by atoms with Gasteiger partial charge in [-0.2, -0.15) is 0 Å². The van der Waals surface area contributed by atoms with Gasteiger partial charge in [0.15, 0.2) is 0 Å². The molecule has 1 N–H and O–H groups in total. The maximum absolute atomic E-state index is 11.0. The molecule has 1 aliphatic rings. The van der Waals surface area contributed by atoms with Crippen LogP contribution in [0.4, 0.5) is 0 Å². The molecule has 0 aromatic rings. The molecule has 8 heteroatoms. The Morgan fingerprint density at radius 2 is 2.27 bits per heavy atom. The zero-order valence-electron chi connectivity index (χ0n) is 8.90.